The molecule has 2 N–H and O–H groups in total. The number of benzene rings is 1. The lowest BCUT2D eigenvalue weighted by atomic mass is 10.1. The molecule has 2 aliphatic rings. The molecule has 1 aromatic heterocycles. The highest BCUT2D eigenvalue weighted by Gasteiger charge is 2.24. The van der Waals surface area contributed by atoms with Gasteiger partial charge in [-0.3, -0.25) is 4.98 Å². The van der Waals surface area contributed by atoms with Gasteiger partial charge in [0.15, 0.2) is 0 Å². The Morgan fingerprint density at radius 3 is 2.80 bits per heavy atom. The second-order valence-corrected chi connectivity index (χ2v) is 6.67. The van der Waals surface area contributed by atoms with Gasteiger partial charge in [-0.05, 0) is 43.4 Å². The van der Waals surface area contributed by atoms with Gasteiger partial charge in [0.25, 0.3) is 0 Å². The normalized spacial score (nSPS) is 19.5. The summed E-state index contributed by atoms with van der Waals surface area (Å²) in [6.45, 7) is 6.35. The van der Waals surface area contributed by atoms with Crippen LogP contribution >= 0.6 is 0 Å². The van der Waals surface area contributed by atoms with E-state index in [9.17, 15) is 0 Å². The summed E-state index contributed by atoms with van der Waals surface area (Å²) in [5.74, 6) is 1.57. The van der Waals surface area contributed by atoms with Gasteiger partial charge in [-0.15, -0.1) is 0 Å². The molecule has 0 radical (unpaired) electrons. The van der Waals surface area contributed by atoms with Crippen LogP contribution in [0.3, 0.4) is 0 Å². The van der Waals surface area contributed by atoms with E-state index in [1.807, 2.05) is 30.5 Å². The van der Waals surface area contributed by atoms with Crippen molar-refractivity contribution in [3.05, 3.63) is 83.8 Å². The number of amidine groups is 1. The number of hydrogen-bond acceptors (Lipinski definition) is 4. The molecular weight excluding hydrogens is 308 g/mol. The average Bonchev–Trinajstić information content (AvgIpc) is 3.47. The van der Waals surface area contributed by atoms with Crippen LogP contribution in [0.25, 0.3) is 0 Å². The van der Waals surface area contributed by atoms with E-state index in [0.29, 0.717) is 0 Å². The lowest BCUT2D eigenvalue weighted by Crippen LogP contribution is -2.30. The molecular formula is C21H22N4. The molecule has 1 aromatic carbocycles. The highest BCUT2D eigenvalue weighted by Crippen LogP contribution is 2.36. The lowest BCUT2D eigenvalue weighted by Gasteiger charge is -2.26. The minimum atomic E-state index is -0.137. The Morgan fingerprint density at radius 1 is 1.24 bits per heavy atom. The summed E-state index contributed by atoms with van der Waals surface area (Å²) < 4.78 is 0. The van der Waals surface area contributed by atoms with E-state index in [2.05, 4.69) is 47.3 Å². The second-order valence-electron chi connectivity index (χ2n) is 6.67. The number of pyridine rings is 1. The average molecular weight is 330 g/mol. The van der Waals surface area contributed by atoms with Crippen molar-refractivity contribution in [3.63, 3.8) is 0 Å². The Hall–Kier alpha value is -2.88. The molecule has 0 amide bonds. The first-order chi connectivity index (χ1) is 12.2. The Bertz CT molecular complexity index is 847. The number of nitrogens with zero attached hydrogens (tertiary/aromatic N) is 2. The lowest BCUT2D eigenvalue weighted by molar-refractivity contribution is 0.815. The number of aromatic nitrogens is 1. The van der Waals surface area contributed by atoms with Crippen LogP contribution in [0, 0.1) is 5.92 Å². The number of aliphatic imine (C=N–C) groups is 1. The van der Waals surface area contributed by atoms with Crippen LogP contribution in [0.2, 0.25) is 0 Å². The highest BCUT2D eigenvalue weighted by atomic mass is 15.2. The fraction of sp³-hybridized carbons (Fsp3) is 0.238. The molecule has 2 aromatic rings. The first-order valence-corrected chi connectivity index (χ1v) is 8.68. The van der Waals surface area contributed by atoms with Crippen molar-refractivity contribution >= 4 is 11.5 Å². The van der Waals surface area contributed by atoms with Crippen molar-refractivity contribution in [2.24, 2.45) is 10.9 Å². The Labute approximate surface area is 148 Å². The minimum Gasteiger partial charge on any atom is -0.358 e. The number of rotatable bonds is 4. The fourth-order valence-corrected chi connectivity index (χ4v) is 3.11. The molecule has 1 aliphatic carbocycles. The molecule has 4 rings (SSSR count). The van der Waals surface area contributed by atoms with E-state index in [4.69, 9.17) is 4.99 Å². The van der Waals surface area contributed by atoms with Crippen molar-refractivity contribution < 1.29 is 0 Å². The minimum absolute atomic E-state index is 0.137. The van der Waals surface area contributed by atoms with Gasteiger partial charge < -0.3 is 10.6 Å². The van der Waals surface area contributed by atoms with E-state index in [1.165, 1.54) is 18.4 Å². The van der Waals surface area contributed by atoms with Crippen LogP contribution in [-0.2, 0) is 0 Å². The third-order valence-corrected chi connectivity index (χ3v) is 4.64. The van der Waals surface area contributed by atoms with Crippen LogP contribution in [0.5, 0.6) is 0 Å². The van der Waals surface area contributed by atoms with E-state index >= 15 is 0 Å². The third kappa shape index (κ3) is 3.48. The first kappa shape index (κ1) is 15.6. The zero-order valence-corrected chi connectivity index (χ0v) is 14.4. The number of hydrogen-bond donors (Lipinski definition) is 2. The van der Waals surface area contributed by atoms with E-state index in [-0.39, 0.29) is 6.17 Å². The summed E-state index contributed by atoms with van der Waals surface area (Å²) >= 11 is 0. The van der Waals surface area contributed by atoms with Gasteiger partial charge in [0.05, 0.1) is 11.9 Å². The van der Waals surface area contributed by atoms with Crippen molar-refractivity contribution in [2.75, 3.05) is 5.32 Å². The molecule has 0 saturated heterocycles. The number of allylic oxidation sites excluding steroid dienone is 2. The maximum absolute atomic E-state index is 4.88. The highest BCUT2D eigenvalue weighted by molar-refractivity contribution is 6.05. The molecule has 1 unspecified atom stereocenters. The molecule has 1 fully saturated rings. The number of anilines is 1. The van der Waals surface area contributed by atoms with E-state index in [1.54, 1.807) is 6.20 Å². The fourth-order valence-electron chi connectivity index (χ4n) is 3.11. The maximum Gasteiger partial charge on any atom is 0.147 e. The molecule has 25 heavy (non-hydrogen) atoms. The van der Waals surface area contributed by atoms with Gasteiger partial charge in [-0.25, -0.2) is 4.99 Å². The zero-order chi connectivity index (χ0) is 17.2. The van der Waals surface area contributed by atoms with Crippen LogP contribution < -0.4 is 10.6 Å². The zero-order valence-electron chi connectivity index (χ0n) is 14.4. The molecule has 1 saturated carbocycles. The van der Waals surface area contributed by atoms with Crippen LogP contribution in [0.1, 0.15) is 37.1 Å². The van der Waals surface area contributed by atoms with Gasteiger partial charge in [0.1, 0.15) is 12.0 Å². The van der Waals surface area contributed by atoms with Crippen molar-refractivity contribution in [3.8, 4) is 0 Å². The predicted octanol–water partition coefficient (Wildman–Crippen LogP) is 4.41. The van der Waals surface area contributed by atoms with Gasteiger partial charge in [-0.1, -0.05) is 42.5 Å². The molecule has 4 heteroatoms. The molecule has 4 nitrogen and oxygen atoms in total. The van der Waals surface area contributed by atoms with Gasteiger partial charge in [0.2, 0.25) is 0 Å². The molecule has 0 spiro atoms. The number of nitrogens with one attached hydrogen (secondary N) is 2. The summed E-state index contributed by atoms with van der Waals surface area (Å²) in [6.07, 6.45) is 8.22. The van der Waals surface area contributed by atoms with Crippen LogP contribution in [0.4, 0.5) is 5.69 Å². The molecule has 0 bridgehead atoms. The van der Waals surface area contributed by atoms with Gasteiger partial charge in [-0.2, -0.15) is 0 Å². The largest absolute Gasteiger partial charge is 0.358 e. The topological polar surface area (TPSA) is 49.3 Å². The van der Waals surface area contributed by atoms with Gasteiger partial charge >= 0.3 is 0 Å². The molecule has 126 valence electrons. The summed E-state index contributed by atoms with van der Waals surface area (Å²) in [6, 6.07) is 12.2. The Morgan fingerprint density at radius 2 is 2.04 bits per heavy atom. The van der Waals surface area contributed by atoms with Crippen molar-refractivity contribution in [1.82, 2.24) is 10.3 Å². The second kappa shape index (κ2) is 6.55. The Kier molecular flexibility index (Phi) is 4.10. The molecule has 1 aliphatic heterocycles. The molecule has 1 atom stereocenters. The SMILES string of the molecule is C=C(/C=C(\C)C1CC1)NC1=NC(c2ccccc2)Nc2cnccc21. The van der Waals surface area contributed by atoms with E-state index in [0.717, 1.165) is 34.3 Å². The summed E-state index contributed by atoms with van der Waals surface area (Å²) in [4.78, 5) is 9.12. The van der Waals surface area contributed by atoms with Crippen LogP contribution in [-0.4, -0.2) is 10.8 Å². The van der Waals surface area contributed by atoms with Crippen molar-refractivity contribution in [1.29, 1.82) is 0 Å². The predicted molar refractivity (Wildman–Crippen MR) is 102 cm³/mol. The summed E-state index contributed by atoms with van der Waals surface area (Å²) in [7, 11) is 0. The smallest absolute Gasteiger partial charge is 0.147 e. The maximum atomic E-state index is 4.88. The monoisotopic (exact) mass is 330 g/mol. The van der Waals surface area contributed by atoms with Crippen LogP contribution in [0.15, 0.2) is 77.7 Å². The standard InChI is InChI=1S/C21H22N4/c1-14(16-8-9-16)12-15(2)23-21-18-10-11-22-13-19(18)24-20(25-21)17-6-4-3-5-7-17/h3-7,10-13,16,20,24H,2,8-9H2,1H3,(H,23,25)/b14-12+. The summed E-state index contributed by atoms with van der Waals surface area (Å²) in [5.41, 5.74) is 5.37. The van der Waals surface area contributed by atoms with Gasteiger partial charge in [0, 0.05) is 17.5 Å². The third-order valence-electron chi connectivity index (χ3n) is 4.64. The quantitative estimate of drug-likeness (QED) is 0.816. The Balaban J connectivity index is 1.63. The summed E-state index contributed by atoms with van der Waals surface area (Å²) in [5, 5.41) is 6.85. The van der Waals surface area contributed by atoms with E-state index < -0.39 is 0 Å². The number of fused-ring (bicyclic) bond motifs is 1. The first-order valence-electron chi connectivity index (χ1n) is 8.68. The van der Waals surface area contributed by atoms with Crippen molar-refractivity contribution in [2.45, 2.75) is 25.9 Å². The molecule has 2 heterocycles.